The lowest BCUT2D eigenvalue weighted by Gasteiger charge is -2.31. The van der Waals surface area contributed by atoms with E-state index >= 15 is 0 Å². The van der Waals surface area contributed by atoms with E-state index in [1.165, 1.54) is 0 Å². The third-order valence-electron chi connectivity index (χ3n) is 4.09. The molecule has 1 heterocycles. The van der Waals surface area contributed by atoms with Crippen molar-refractivity contribution in [1.82, 2.24) is 10.2 Å². The molecule has 1 aromatic carbocycles. The maximum atomic E-state index is 12.0. The van der Waals surface area contributed by atoms with Gasteiger partial charge in [-0.05, 0) is 45.8 Å². The Morgan fingerprint density at radius 2 is 2.09 bits per heavy atom. The van der Waals surface area contributed by atoms with Crippen molar-refractivity contribution >= 4 is 5.91 Å². The number of piperidine rings is 1. The number of benzene rings is 1. The van der Waals surface area contributed by atoms with E-state index in [2.05, 4.69) is 10.2 Å². The van der Waals surface area contributed by atoms with Crippen LogP contribution in [0.4, 0.5) is 0 Å². The quantitative estimate of drug-likeness (QED) is 0.875. The summed E-state index contributed by atoms with van der Waals surface area (Å²) in [5, 5.41) is 13.1. The van der Waals surface area contributed by atoms with Crippen molar-refractivity contribution in [2.45, 2.75) is 39.3 Å². The minimum absolute atomic E-state index is 0.109. The zero-order valence-corrected chi connectivity index (χ0v) is 13.6. The van der Waals surface area contributed by atoms with Crippen molar-refractivity contribution in [3.63, 3.8) is 0 Å². The highest BCUT2D eigenvalue weighted by Crippen LogP contribution is 2.31. The molecule has 5 heteroatoms. The number of rotatable bonds is 5. The van der Waals surface area contributed by atoms with E-state index in [0.29, 0.717) is 12.3 Å². The summed E-state index contributed by atoms with van der Waals surface area (Å²) in [4.78, 5) is 14.3. The molecule has 0 radical (unpaired) electrons. The Hall–Kier alpha value is -1.75. The summed E-state index contributed by atoms with van der Waals surface area (Å²) >= 11 is 0. The van der Waals surface area contributed by atoms with Crippen molar-refractivity contribution in [2.24, 2.45) is 5.92 Å². The molecule has 0 spiro atoms. The molecule has 2 rings (SSSR count). The van der Waals surface area contributed by atoms with Gasteiger partial charge in [-0.25, -0.2) is 0 Å². The van der Waals surface area contributed by atoms with Crippen LogP contribution in [0, 0.1) is 5.92 Å². The molecule has 5 nitrogen and oxygen atoms in total. The van der Waals surface area contributed by atoms with E-state index in [1.54, 1.807) is 13.2 Å². The molecule has 1 aliphatic rings. The Balaban J connectivity index is 1.89. The molecule has 1 saturated heterocycles. The average Bonchev–Trinajstić information content (AvgIpc) is 2.49. The second-order valence-corrected chi connectivity index (χ2v) is 6.18. The highest BCUT2D eigenvalue weighted by Gasteiger charge is 2.25. The van der Waals surface area contributed by atoms with Crippen molar-refractivity contribution < 1.29 is 14.6 Å². The molecule has 0 saturated carbocycles. The lowest BCUT2D eigenvalue weighted by atomic mass is 9.95. The molecule has 1 aliphatic heterocycles. The number of aromatic hydroxyl groups is 1. The maximum Gasteiger partial charge on any atom is 0.223 e. The number of phenolic OH excluding ortho intramolecular Hbond substituents is 1. The van der Waals surface area contributed by atoms with Gasteiger partial charge in [0, 0.05) is 24.1 Å². The van der Waals surface area contributed by atoms with Gasteiger partial charge in [-0.2, -0.15) is 0 Å². The van der Waals surface area contributed by atoms with E-state index in [-0.39, 0.29) is 23.6 Å². The van der Waals surface area contributed by atoms with Gasteiger partial charge in [0.15, 0.2) is 11.5 Å². The van der Waals surface area contributed by atoms with Crippen molar-refractivity contribution in [1.29, 1.82) is 0 Å². The SMILES string of the molecule is COc1cccc(CN2CCC(C(=O)NC(C)C)CC2)c1O. The molecule has 0 aliphatic carbocycles. The Morgan fingerprint density at radius 1 is 1.41 bits per heavy atom. The predicted octanol–water partition coefficient (Wildman–Crippen LogP) is 2.14. The minimum atomic E-state index is 0.109. The van der Waals surface area contributed by atoms with Crippen LogP contribution in [0.25, 0.3) is 0 Å². The molecule has 0 aromatic heterocycles. The second-order valence-electron chi connectivity index (χ2n) is 6.18. The molecule has 1 fully saturated rings. The Kier molecular flexibility index (Phi) is 5.66. The van der Waals surface area contributed by atoms with Gasteiger partial charge in [0.25, 0.3) is 0 Å². The molecule has 122 valence electrons. The fraction of sp³-hybridized carbons (Fsp3) is 0.588. The summed E-state index contributed by atoms with van der Waals surface area (Å²) in [6.07, 6.45) is 1.73. The van der Waals surface area contributed by atoms with Crippen LogP contribution >= 0.6 is 0 Å². The third-order valence-corrected chi connectivity index (χ3v) is 4.09. The summed E-state index contributed by atoms with van der Waals surface area (Å²) in [6, 6.07) is 5.74. The summed E-state index contributed by atoms with van der Waals surface area (Å²) in [5.41, 5.74) is 0.865. The lowest BCUT2D eigenvalue weighted by molar-refractivity contribution is -0.127. The van der Waals surface area contributed by atoms with Crippen LogP contribution in [0.5, 0.6) is 11.5 Å². The Bertz CT molecular complexity index is 509. The highest BCUT2D eigenvalue weighted by molar-refractivity contribution is 5.78. The van der Waals surface area contributed by atoms with Gasteiger partial charge in [-0.15, -0.1) is 0 Å². The largest absolute Gasteiger partial charge is 0.504 e. The van der Waals surface area contributed by atoms with Crippen molar-refractivity contribution in [2.75, 3.05) is 20.2 Å². The fourth-order valence-electron chi connectivity index (χ4n) is 2.86. The Labute approximate surface area is 132 Å². The summed E-state index contributed by atoms with van der Waals surface area (Å²) in [7, 11) is 1.55. The smallest absolute Gasteiger partial charge is 0.223 e. The van der Waals surface area contributed by atoms with Crippen LogP contribution in [0.3, 0.4) is 0 Å². The van der Waals surface area contributed by atoms with E-state index in [9.17, 15) is 9.90 Å². The van der Waals surface area contributed by atoms with Gasteiger partial charge < -0.3 is 15.2 Å². The zero-order valence-electron chi connectivity index (χ0n) is 13.6. The number of likely N-dealkylation sites (tertiary alicyclic amines) is 1. The molecule has 0 bridgehead atoms. The van der Waals surface area contributed by atoms with Gasteiger partial charge in [-0.1, -0.05) is 12.1 Å². The molecule has 2 N–H and O–H groups in total. The van der Waals surface area contributed by atoms with Gasteiger partial charge in [0.05, 0.1) is 7.11 Å². The first-order valence-electron chi connectivity index (χ1n) is 7.88. The predicted molar refractivity (Wildman–Crippen MR) is 85.9 cm³/mol. The fourth-order valence-corrected chi connectivity index (χ4v) is 2.86. The number of nitrogens with zero attached hydrogens (tertiary/aromatic N) is 1. The molecular formula is C17H26N2O3. The first-order valence-corrected chi connectivity index (χ1v) is 7.88. The third kappa shape index (κ3) is 4.13. The number of carbonyl (C=O) groups is 1. The number of para-hydroxylation sites is 1. The van der Waals surface area contributed by atoms with Crippen LogP contribution < -0.4 is 10.1 Å². The normalized spacial score (nSPS) is 16.7. The number of amides is 1. The first kappa shape index (κ1) is 16.6. The van der Waals surface area contributed by atoms with Crippen molar-refractivity contribution in [3.8, 4) is 11.5 Å². The van der Waals surface area contributed by atoms with E-state index in [0.717, 1.165) is 31.5 Å². The van der Waals surface area contributed by atoms with Gasteiger partial charge in [0.2, 0.25) is 5.91 Å². The average molecular weight is 306 g/mol. The van der Waals surface area contributed by atoms with E-state index in [4.69, 9.17) is 4.74 Å². The molecule has 22 heavy (non-hydrogen) atoms. The Morgan fingerprint density at radius 3 is 2.68 bits per heavy atom. The number of methoxy groups -OCH3 is 1. The summed E-state index contributed by atoms with van der Waals surface area (Å²) in [6.45, 7) is 6.39. The van der Waals surface area contributed by atoms with Crippen LogP contribution in [-0.4, -0.2) is 42.2 Å². The van der Waals surface area contributed by atoms with Crippen LogP contribution in [-0.2, 0) is 11.3 Å². The summed E-state index contributed by atoms with van der Waals surface area (Å²) in [5.74, 6) is 0.991. The minimum Gasteiger partial charge on any atom is -0.504 e. The molecule has 0 atom stereocenters. The van der Waals surface area contributed by atoms with Gasteiger partial charge in [-0.3, -0.25) is 9.69 Å². The van der Waals surface area contributed by atoms with Crippen LogP contribution in [0.2, 0.25) is 0 Å². The molecule has 0 unspecified atom stereocenters. The topological polar surface area (TPSA) is 61.8 Å². The van der Waals surface area contributed by atoms with Gasteiger partial charge in [0.1, 0.15) is 0 Å². The molecule has 1 aromatic rings. The molecule has 1 amide bonds. The number of nitrogens with one attached hydrogen (secondary N) is 1. The van der Waals surface area contributed by atoms with Gasteiger partial charge >= 0.3 is 0 Å². The number of phenols is 1. The van der Waals surface area contributed by atoms with E-state index in [1.807, 2.05) is 26.0 Å². The molecular weight excluding hydrogens is 280 g/mol. The van der Waals surface area contributed by atoms with Crippen LogP contribution in [0.15, 0.2) is 18.2 Å². The van der Waals surface area contributed by atoms with Crippen molar-refractivity contribution in [3.05, 3.63) is 23.8 Å². The summed E-state index contributed by atoms with van der Waals surface area (Å²) < 4.78 is 5.14. The highest BCUT2D eigenvalue weighted by atomic mass is 16.5. The maximum absolute atomic E-state index is 12.0. The zero-order chi connectivity index (χ0) is 16.1. The standard InChI is InChI=1S/C17H26N2O3/c1-12(2)18-17(21)13-7-9-19(10-8-13)11-14-5-4-6-15(22-3)16(14)20/h4-6,12-13,20H,7-11H2,1-3H3,(H,18,21). The van der Waals surface area contributed by atoms with E-state index < -0.39 is 0 Å². The second kappa shape index (κ2) is 7.49. The number of hydrogen-bond donors (Lipinski definition) is 2. The van der Waals surface area contributed by atoms with Crippen LogP contribution in [0.1, 0.15) is 32.3 Å². The lowest BCUT2D eigenvalue weighted by Crippen LogP contribution is -2.42. The number of ether oxygens (including phenoxy) is 1. The monoisotopic (exact) mass is 306 g/mol. The first-order chi connectivity index (χ1) is 10.5. The number of carbonyl (C=O) groups excluding carboxylic acids is 1. The number of hydrogen-bond acceptors (Lipinski definition) is 4.